The van der Waals surface area contributed by atoms with Gasteiger partial charge < -0.3 is 9.64 Å². The number of ether oxygens (including phenoxy) is 1. The highest BCUT2D eigenvalue weighted by Crippen LogP contribution is 2.32. The zero-order valence-electron chi connectivity index (χ0n) is 17.1. The van der Waals surface area contributed by atoms with E-state index >= 15 is 0 Å². The molecule has 0 atom stereocenters. The number of nitrogens with zero attached hydrogens (tertiary/aromatic N) is 5. The molecule has 152 valence electrons. The molecule has 0 N–H and O–H groups in total. The lowest BCUT2D eigenvalue weighted by atomic mass is 10.0. The van der Waals surface area contributed by atoms with Gasteiger partial charge in [0, 0.05) is 24.5 Å². The average Bonchev–Trinajstić information content (AvgIpc) is 2.79. The Morgan fingerprint density at radius 2 is 1.87 bits per heavy atom. The molecule has 0 aliphatic carbocycles. The molecule has 4 aromatic rings. The second-order valence-corrected chi connectivity index (χ2v) is 7.75. The lowest BCUT2D eigenvalue weighted by Gasteiger charge is -2.34. The van der Waals surface area contributed by atoms with E-state index in [1.54, 1.807) is 24.3 Å². The van der Waals surface area contributed by atoms with Crippen LogP contribution >= 0.6 is 0 Å². The van der Waals surface area contributed by atoms with E-state index in [2.05, 4.69) is 19.9 Å². The number of rotatable bonds is 3. The summed E-state index contributed by atoms with van der Waals surface area (Å²) in [5, 5.41) is 1.67. The zero-order valence-corrected chi connectivity index (χ0v) is 17.1. The number of aryl methyl sites for hydroxylation is 1. The Bertz CT molecular complexity index is 1290. The number of hydrogen-bond donors (Lipinski definition) is 0. The predicted octanol–water partition coefficient (Wildman–Crippen LogP) is 3.50. The highest BCUT2D eigenvalue weighted by Gasteiger charge is 2.24. The van der Waals surface area contributed by atoms with Crippen LogP contribution in [0.5, 0.6) is 5.75 Å². The minimum absolute atomic E-state index is 0.0411. The molecule has 0 saturated carbocycles. The van der Waals surface area contributed by atoms with Gasteiger partial charge >= 0.3 is 0 Å². The molecule has 1 saturated heterocycles. The Morgan fingerprint density at radius 3 is 2.67 bits per heavy atom. The molecule has 2 aromatic heterocycles. The van der Waals surface area contributed by atoms with Crippen molar-refractivity contribution in [2.75, 3.05) is 25.1 Å². The maximum Gasteiger partial charge on any atom is 0.261 e. The van der Waals surface area contributed by atoms with Crippen molar-refractivity contribution >= 4 is 27.6 Å². The van der Waals surface area contributed by atoms with Gasteiger partial charge in [0.25, 0.3) is 5.56 Å². The first kappa shape index (κ1) is 18.5. The van der Waals surface area contributed by atoms with E-state index in [0.717, 1.165) is 59.5 Å². The van der Waals surface area contributed by atoms with Crippen LogP contribution in [-0.4, -0.2) is 39.7 Å². The lowest BCUT2D eigenvalue weighted by molar-refractivity contribution is 0.385. The first-order valence-electron chi connectivity index (χ1n) is 10.2. The van der Waals surface area contributed by atoms with Crippen molar-refractivity contribution in [3.05, 3.63) is 65.0 Å². The number of piperidine rings is 1. The molecule has 1 fully saturated rings. The van der Waals surface area contributed by atoms with E-state index in [4.69, 9.17) is 4.74 Å². The van der Waals surface area contributed by atoms with Gasteiger partial charge in [-0.05, 0) is 44.0 Å². The van der Waals surface area contributed by atoms with Crippen molar-refractivity contribution in [1.29, 1.82) is 0 Å². The number of aromatic nitrogens is 4. The SMILES string of the molecule is COc1cccc2c(N3CCC(n4cnc5ccc(C)cc5c4=O)CC3)ncnc12. The smallest absolute Gasteiger partial charge is 0.261 e. The van der Waals surface area contributed by atoms with Gasteiger partial charge in [-0.1, -0.05) is 17.7 Å². The van der Waals surface area contributed by atoms with Gasteiger partial charge in [0.2, 0.25) is 0 Å². The second kappa shape index (κ2) is 7.40. The van der Waals surface area contributed by atoms with Gasteiger partial charge in [-0.2, -0.15) is 0 Å². The van der Waals surface area contributed by atoms with Crippen molar-refractivity contribution in [3.63, 3.8) is 0 Å². The highest BCUT2D eigenvalue weighted by molar-refractivity contribution is 5.93. The third kappa shape index (κ3) is 3.07. The van der Waals surface area contributed by atoms with E-state index in [0.29, 0.717) is 5.39 Å². The van der Waals surface area contributed by atoms with Crippen LogP contribution < -0.4 is 15.2 Å². The highest BCUT2D eigenvalue weighted by atomic mass is 16.5. The Balaban J connectivity index is 1.43. The minimum Gasteiger partial charge on any atom is -0.494 e. The van der Waals surface area contributed by atoms with Crippen molar-refractivity contribution in [3.8, 4) is 5.75 Å². The third-order valence-electron chi connectivity index (χ3n) is 5.92. The lowest BCUT2D eigenvalue weighted by Crippen LogP contribution is -2.38. The summed E-state index contributed by atoms with van der Waals surface area (Å²) in [4.78, 5) is 28.8. The van der Waals surface area contributed by atoms with Gasteiger partial charge in [-0.25, -0.2) is 15.0 Å². The number of benzene rings is 2. The summed E-state index contributed by atoms with van der Waals surface area (Å²) in [5.74, 6) is 1.66. The Morgan fingerprint density at radius 1 is 1.03 bits per heavy atom. The number of fused-ring (bicyclic) bond motifs is 2. The molecule has 0 bridgehead atoms. The van der Waals surface area contributed by atoms with Gasteiger partial charge in [0.1, 0.15) is 23.4 Å². The molecule has 7 nitrogen and oxygen atoms in total. The fourth-order valence-corrected chi connectivity index (χ4v) is 4.33. The number of anilines is 1. The van der Waals surface area contributed by atoms with Crippen LogP contribution in [0.4, 0.5) is 5.82 Å². The van der Waals surface area contributed by atoms with Crippen LogP contribution in [0, 0.1) is 6.92 Å². The monoisotopic (exact) mass is 401 g/mol. The summed E-state index contributed by atoms with van der Waals surface area (Å²) < 4.78 is 7.25. The molecule has 0 amide bonds. The van der Waals surface area contributed by atoms with Crippen molar-refractivity contribution in [1.82, 2.24) is 19.5 Å². The molecule has 0 unspecified atom stereocenters. The van der Waals surface area contributed by atoms with E-state index in [1.165, 1.54) is 0 Å². The molecular weight excluding hydrogens is 378 g/mol. The molecule has 3 heterocycles. The minimum atomic E-state index is 0.0411. The van der Waals surface area contributed by atoms with Crippen LogP contribution in [0.25, 0.3) is 21.8 Å². The summed E-state index contributed by atoms with van der Waals surface area (Å²) in [6, 6.07) is 11.9. The number of methoxy groups -OCH3 is 1. The quantitative estimate of drug-likeness (QED) is 0.523. The van der Waals surface area contributed by atoms with Gasteiger partial charge in [0.15, 0.2) is 0 Å². The molecule has 0 spiro atoms. The number of hydrogen-bond acceptors (Lipinski definition) is 6. The van der Waals surface area contributed by atoms with Crippen LogP contribution in [0.3, 0.4) is 0 Å². The normalized spacial score (nSPS) is 15.1. The summed E-state index contributed by atoms with van der Waals surface area (Å²) in [6.07, 6.45) is 5.00. The number of para-hydroxylation sites is 1. The average molecular weight is 401 g/mol. The fourth-order valence-electron chi connectivity index (χ4n) is 4.33. The van der Waals surface area contributed by atoms with E-state index in [9.17, 15) is 4.79 Å². The summed E-state index contributed by atoms with van der Waals surface area (Å²) in [7, 11) is 1.65. The fraction of sp³-hybridized carbons (Fsp3) is 0.304. The third-order valence-corrected chi connectivity index (χ3v) is 5.92. The van der Waals surface area contributed by atoms with Crippen LogP contribution in [0.2, 0.25) is 0 Å². The zero-order chi connectivity index (χ0) is 20.7. The molecule has 30 heavy (non-hydrogen) atoms. The Kier molecular flexibility index (Phi) is 4.58. The molecule has 5 rings (SSSR count). The first-order valence-corrected chi connectivity index (χ1v) is 10.2. The maximum absolute atomic E-state index is 13.1. The molecule has 0 radical (unpaired) electrons. The molecule has 1 aliphatic rings. The molecular formula is C23H23N5O2. The summed E-state index contributed by atoms with van der Waals surface area (Å²) in [5.41, 5.74) is 2.68. The topological polar surface area (TPSA) is 73.1 Å². The molecule has 7 heteroatoms. The van der Waals surface area contributed by atoms with Crippen LogP contribution in [0.15, 0.2) is 53.8 Å². The predicted molar refractivity (Wildman–Crippen MR) is 117 cm³/mol. The van der Waals surface area contributed by atoms with Crippen molar-refractivity contribution in [2.24, 2.45) is 0 Å². The summed E-state index contributed by atoms with van der Waals surface area (Å²) >= 11 is 0. The van der Waals surface area contributed by atoms with Crippen molar-refractivity contribution in [2.45, 2.75) is 25.8 Å². The largest absolute Gasteiger partial charge is 0.494 e. The Hall–Kier alpha value is -3.48. The van der Waals surface area contributed by atoms with Gasteiger partial charge in [0.05, 0.1) is 24.3 Å². The summed E-state index contributed by atoms with van der Waals surface area (Å²) in [6.45, 7) is 3.62. The molecule has 2 aromatic carbocycles. The Labute approximate surface area is 174 Å². The van der Waals surface area contributed by atoms with E-state index in [1.807, 2.05) is 43.3 Å². The van der Waals surface area contributed by atoms with Crippen molar-refractivity contribution < 1.29 is 4.74 Å². The maximum atomic E-state index is 13.1. The van der Waals surface area contributed by atoms with Gasteiger partial charge in [-0.3, -0.25) is 9.36 Å². The van der Waals surface area contributed by atoms with E-state index in [-0.39, 0.29) is 11.6 Å². The first-order chi connectivity index (χ1) is 14.7. The van der Waals surface area contributed by atoms with Gasteiger partial charge in [-0.15, -0.1) is 0 Å². The second-order valence-electron chi connectivity index (χ2n) is 7.75. The van der Waals surface area contributed by atoms with Crippen LogP contribution in [0.1, 0.15) is 24.4 Å². The van der Waals surface area contributed by atoms with Crippen LogP contribution in [-0.2, 0) is 0 Å². The van der Waals surface area contributed by atoms with E-state index < -0.39 is 0 Å². The standard InChI is InChI=1S/C23H23N5O2/c1-15-6-7-19-18(12-15)23(29)28(14-26-19)16-8-10-27(11-9-16)22-17-4-3-5-20(30-2)21(17)24-13-25-22/h3-7,12-14,16H,8-11H2,1-2H3. The molecule has 1 aliphatic heterocycles.